The van der Waals surface area contributed by atoms with Gasteiger partial charge in [0.25, 0.3) is 0 Å². The molecule has 2 aromatic carbocycles. The zero-order chi connectivity index (χ0) is 15.7. The van der Waals surface area contributed by atoms with Crippen molar-refractivity contribution < 1.29 is 19.4 Å². The molecular weight excluding hydrogens is 304 g/mol. The predicted octanol–water partition coefficient (Wildman–Crippen LogP) is 3.75. The summed E-state index contributed by atoms with van der Waals surface area (Å²) in [5, 5.41) is 10.0. The molecule has 1 unspecified atom stereocenters. The van der Waals surface area contributed by atoms with Crippen molar-refractivity contribution in [2.24, 2.45) is 0 Å². The van der Waals surface area contributed by atoms with Crippen molar-refractivity contribution in [3.63, 3.8) is 0 Å². The molecule has 1 aliphatic heterocycles. The maximum absolute atomic E-state index is 11.5. The topological polar surface area (TPSA) is 55.8 Å². The van der Waals surface area contributed by atoms with Gasteiger partial charge in [0, 0.05) is 10.6 Å². The van der Waals surface area contributed by atoms with E-state index in [9.17, 15) is 9.90 Å². The lowest BCUT2D eigenvalue weighted by molar-refractivity contribution is -0.179. The van der Waals surface area contributed by atoms with Gasteiger partial charge in [-0.05, 0) is 24.6 Å². The molecule has 1 heterocycles. The summed E-state index contributed by atoms with van der Waals surface area (Å²) in [4.78, 5) is 11.5. The van der Waals surface area contributed by atoms with E-state index >= 15 is 0 Å². The molecule has 1 aliphatic rings. The predicted molar refractivity (Wildman–Crippen MR) is 81.6 cm³/mol. The highest BCUT2D eigenvalue weighted by Gasteiger charge is 2.49. The lowest BCUT2D eigenvalue weighted by atomic mass is 10.0. The number of rotatable bonds is 3. The number of hydrogen-bond donors (Lipinski definition) is 1. The van der Waals surface area contributed by atoms with Crippen LogP contribution in [-0.2, 0) is 20.1 Å². The smallest absolute Gasteiger partial charge is 0.336 e. The fourth-order valence-electron chi connectivity index (χ4n) is 2.59. The molecule has 0 aliphatic carbocycles. The Bertz CT molecular complexity index is 671. The standard InChI is InChI=1S/C17H15ClO4/c1-17(12-5-3-2-4-6-12)21-14(15(22-17)16(19)20)11-7-9-13(18)10-8-11/h2-10,14-15H,1H3,(H,19,20)/t14-,15+,17?/m1/s1. The Hall–Kier alpha value is -1.88. The highest BCUT2D eigenvalue weighted by Crippen LogP contribution is 2.44. The molecule has 0 amide bonds. The summed E-state index contributed by atoms with van der Waals surface area (Å²) in [6, 6.07) is 16.2. The van der Waals surface area contributed by atoms with E-state index in [0.717, 1.165) is 11.1 Å². The van der Waals surface area contributed by atoms with E-state index in [1.807, 2.05) is 30.3 Å². The van der Waals surface area contributed by atoms with Crippen molar-refractivity contribution >= 4 is 17.6 Å². The number of carbonyl (C=O) groups is 1. The molecule has 3 atom stereocenters. The number of carboxylic acid groups (broad SMARTS) is 1. The van der Waals surface area contributed by atoms with Crippen LogP contribution in [0.2, 0.25) is 5.02 Å². The van der Waals surface area contributed by atoms with Crippen molar-refractivity contribution in [3.05, 3.63) is 70.7 Å². The quantitative estimate of drug-likeness (QED) is 0.936. The molecule has 1 saturated heterocycles. The van der Waals surface area contributed by atoms with Crippen molar-refractivity contribution in [2.45, 2.75) is 24.9 Å². The van der Waals surface area contributed by atoms with Gasteiger partial charge in [0.05, 0.1) is 0 Å². The summed E-state index contributed by atoms with van der Waals surface area (Å²) in [6.45, 7) is 1.73. The first kappa shape index (κ1) is 15.0. The van der Waals surface area contributed by atoms with Crippen LogP contribution in [0.25, 0.3) is 0 Å². The third-order valence-electron chi connectivity index (χ3n) is 3.72. The molecule has 0 bridgehead atoms. The van der Waals surface area contributed by atoms with Crippen LogP contribution in [0, 0.1) is 0 Å². The van der Waals surface area contributed by atoms with Crippen LogP contribution in [0.4, 0.5) is 0 Å². The minimum absolute atomic E-state index is 0.584. The van der Waals surface area contributed by atoms with Gasteiger partial charge in [0.2, 0.25) is 0 Å². The number of aliphatic carboxylic acids is 1. The molecule has 1 N–H and O–H groups in total. The minimum atomic E-state index is -1.10. The highest BCUT2D eigenvalue weighted by molar-refractivity contribution is 6.30. The average Bonchev–Trinajstić information content (AvgIpc) is 2.89. The second-order valence-electron chi connectivity index (χ2n) is 5.28. The second kappa shape index (κ2) is 5.72. The van der Waals surface area contributed by atoms with Gasteiger partial charge in [-0.3, -0.25) is 0 Å². The zero-order valence-corrected chi connectivity index (χ0v) is 12.7. The first-order valence-electron chi connectivity index (χ1n) is 6.89. The van der Waals surface area contributed by atoms with Gasteiger partial charge in [-0.2, -0.15) is 0 Å². The largest absolute Gasteiger partial charge is 0.479 e. The van der Waals surface area contributed by atoms with Gasteiger partial charge in [0.1, 0.15) is 6.10 Å². The minimum Gasteiger partial charge on any atom is -0.479 e. The van der Waals surface area contributed by atoms with E-state index in [4.69, 9.17) is 21.1 Å². The van der Waals surface area contributed by atoms with E-state index in [1.165, 1.54) is 0 Å². The molecule has 22 heavy (non-hydrogen) atoms. The van der Waals surface area contributed by atoms with Crippen LogP contribution in [-0.4, -0.2) is 17.2 Å². The van der Waals surface area contributed by atoms with Crippen molar-refractivity contribution in [2.75, 3.05) is 0 Å². The molecule has 0 spiro atoms. The molecular formula is C17H15ClO4. The summed E-state index contributed by atoms with van der Waals surface area (Å²) in [7, 11) is 0. The van der Waals surface area contributed by atoms with Gasteiger partial charge < -0.3 is 14.6 Å². The van der Waals surface area contributed by atoms with Crippen molar-refractivity contribution in [1.82, 2.24) is 0 Å². The van der Waals surface area contributed by atoms with Crippen LogP contribution < -0.4 is 0 Å². The molecule has 0 aromatic heterocycles. The fourth-order valence-corrected chi connectivity index (χ4v) is 2.71. The van der Waals surface area contributed by atoms with Gasteiger partial charge in [0.15, 0.2) is 11.9 Å². The third-order valence-corrected chi connectivity index (χ3v) is 3.97. The summed E-state index contributed by atoms with van der Waals surface area (Å²) in [6.07, 6.45) is -1.77. The summed E-state index contributed by atoms with van der Waals surface area (Å²) in [5.74, 6) is -2.16. The zero-order valence-electron chi connectivity index (χ0n) is 11.9. The van der Waals surface area contributed by atoms with E-state index in [0.29, 0.717) is 5.02 Å². The maximum atomic E-state index is 11.5. The Kier molecular flexibility index (Phi) is 3.91. The molecule has 5 heteroatoms. The first-order valence-corrected chi connectivity index (χ1v) is 7.27. The third kappa shape index (κ3) is 2.73. The van der Waals surface area contributed by atoms with E-state index in [2.05, 4.69) is 0 Å². The van der Waals surface area contributed by atoms with E-state index < -0.39 is 24.0 Å². The molecule has 4 nitrogen and oxygen atoms in total. The second-order valence-corrected chi connectivity index (χ2v) is 5.71. The maximum Gasteiger partial charge on any atom is 0.336 e. The molecule has 114 valence electrons. The van der Waals surface area contributed by atoms with Crippen LogP contribution in [0.1, 0.15) is 24.2 Å². The Labute approximate surface area is 133 Å². The van der Waals surface area contributed by atoms with Crippen molar-refractivity contribution in [3.8, 4) is 0 Å². The SMILES string of the molecule is CC1(c2ccccc2)O[C@H](C(=O)O)[C@@H](c2ccc(Cl)cc2)O1. The van der Waals surface area contributed by atoms with Gasteiger partial charge in [-0.1, -0.05) is 54.1 Å². The summed E-state index contributed by atoms with van der Waals surface area (Å²) >= 11 is 5.88. The number of carboxylic acids is 1. The van der Waals surface area contributed by atoms with Crippen LogP contribution in [0.5, 0.6) is 0 Å². The van der Waals surface area contributed by atoms with Crippen molar-refractivity contribution in [1.29, 1.82) is 0 Å². The molecule has 3 rings (SSSR count). The fraction of sp³-hybridized carbons (Fsp3) is 0.235. The number of benzene rings is 2. The molecule has 0 radical (unpaired) electrons. The van der Waals surface area contributed by atoms with Gasteiger partial charge >= 0.3 is 5.97 Å². The highest BCUT2D eigenvalue weighted by atomic mass is 35.5. The van der Waals surface area contributed by atoms with Crippen LogP contribution >= 0.6 is 11.6 Å². The lowest BCUT2D eigenvalue weighted by Gasteiger charge is -2.23. The Morgan fingerprint density at radius 3 is 2.32 bits per heavy atom. The van der Waals surface area contributed by atoms with Gasteiger partial charge in [-0.25, -0.2) is 4.79 Å². The normalized spacial score (nSPS) is 27.7. The number of halogens is 1. The van der Waals surface area contributed by atoms with E-state index in [1.54, 1.807) is 31.2 Å². The first-order chi connectivity index (χ1) is 10.5. The molecule has 2 aromatic rings. The summed E-state index contributed by atoms with van der Waals surface area (Å²) in [5.41, 5.74) is 1.49. The number of hydrogen-bond acceptors (Lipinski definition) is 3. The Morgan fingerprint density at radius 2 is 1.73 bits per heavy atom. The monoisotopic (exact) mass is 318 g/mol. The molecule has 0 saturated carbocycles. The lowest BCUT2D eigenvalue weighted by Crippen LogP contribution is -2.28. The van der Waals surface area contributed by atoms with Crippen LogP contribution in [0.15, 0.2) is 54.6 Å². The average molecular weight is 319 g/mol. The van der Waals surface area contributed by atoms with Gasteiger partial charge in [-0.15, -0.1) is 0 Å². The molecule has 1 fully saturated rings. The van der Waals surface area contributed by atoms with E-state index in [-0.39, 0.29) is 0 Å². The Morgan fingerprint density at radius 1 is 1.09 bits per heavy atom. The van der Waals surface area contributed by atoms with Crippen LogP contribution in [0.3, 0.4) is 0 Å². The number of ether oxygens (including phenoxy) is 2. The summed E-state index contributed by atoms with van der Waals surface area (Å²) < 4.78 is 11.7. The Balaban J connectivity index is 1.96.